The van der Waals surface area contributed by atoms with Gasteiger partial charge in [-0.25, -0.2) is 4.98 Å². The van der Waals surface area contributed by atoms with Gasteiger partial charge in [0.05, 0.1) is 17.7 Å². The van der Waals surface area contributed by atoms with Crippen molar-refractivity contribution in [1.82, 2.24) is 14.5 Å². The molecule has 1 amide bonds. The zero-order valence-corrected chi connectivity index (χ0v) is 20.3. The molecule has 0 aliphatic rings. The summed E-state index contributed by atoms with van der Waals surface area (Å²) in [5.74, 6) is -0.571. The smallest absolute Gasteiger partial charge is 0.313 e. The van der Waals surface area contributed by atoms with E-state index in [4.69, 9.17) is 0 Å². The molecule has 2 aromatic carbocycles. The number of azo groups is 1. The highest BCUT2D eigenvalue weighted by molar-refractivity contribution is 9.10. The van der Waals surface area contributed by atoms with Crippen LogP contribution >= 0.6 is 15.9 Å². The van der Waals surface area contributed by atoms with E-state index in [1.54, 1.807) is 6.07 Å². The highest BCUT2D eigenvalue weighted by Gasteiger charge is 2.19. The largest absolute Gasteiger partial charge is 0.493 e. The minimum atomic E-state index is -0.561. The molecule has 0 saturated heterocycles. The maximum absolute atomic E-state index is 12.7. The van der Waals surface area contributed by atoms with Crippen molar-refractivity contribution in [1.29, 1.82) is 0 Å². The lowest BCUT2D eigenvalue weighted by atomic mass is 10.2. The summed E-state index contributed by atoms with van der Waals surface area (Å²) in [5.41, 5.74) is 2.03. The van der Waals surface area contributed by atoms with Gasteiger partial charge >= 0.3 is 5.91 Å². The summed E-state index contributed by atoms with van der Waals surface area (Å²) in [6.45, 7) is 6.65. The summed E-state index contributed by atoms with van der Waals surface area (Å²) in [6, 6.07) is 16.8. The first-order valence-electron chi connectivity index (χ1n) is 11.1. The Labute approximate surface area is 200 Å². The monoisotopic (exact) mass is 507 g/mol. The lowest BCUT2D eigenvalue weighted by Gasteiger charge is -2.22. The Morgan fingerprint density at radius 1 is 1.09 bits per heavy atom. The van der Waals surface area contributed by atoms with Crippen molar-refractivity contribution in [3.05, 3.63) is 64.8 Å². The molecule has 7 nitrogen and oxygen atoms in total. The van der Waals surface area contributed by atoms with Crippen LogP contribution in [-0.2, 0) is 6.67 Å². The van der Waals surface area contributed by atoms with Gasteiger partial charge in [0.2, 0.25) is 5.88 Å². The number of hydrogen-bond donors (Lipinski definition) is 1. The zero-order valence-electron chi connectivity index (χ0n) is 18.7. The van der Waals surface area contributed by atoms with Gasteiger partial charge in [-0.3, -0.25) is 14.3 Å². The van der Waals surface area contributed by atoms with E-state index in [0.717, 1.165) is 46.7 Å². The molecule has 2 heterocycles. The second-order valence-electron chi connectivity index (χ2n) is 7.92. The minimum Gasteiger partial charge on any atom is -0.493 e. The lowest BCUT2D eigenvalue weighted by molar-refractivity contribution is 0.0990. The normalized spacial score (nSPS) is 11.9. The lowest BCUT2D eigenvalue weighted by Crippen LogP contribution is -2.27. The fourth-order valence-corrected chi connectivity index (χ4v) is 4.32. The van der Waals surface area contributed by atoms with E-state index in [1.165, 1.54) is 0 Å². The number of carbonyl (C=O) groups excluding carboxylic acids is 1. The Kier molecular flexibility index (Phi) is 7.15. The van der Waals surface area contributed by atoms with Gasteiger partial charge in [-0.05, 0) is 56.3 Å². The number of benzene rings is 2. The molecule has 33 heavy (non-hydrogen) atoms. The first kappa shape index (κ1) is 23.1. The van der Waals surface area contributed by atoms with Gasteiger partial charge in [0.25, 0.3) is 0 Å². The van der Waals surface area contributed by atoms with E-state index >= 15 is 0 Å². The molecule has 0 spiro atoms. The molecule has 8 heteroatoms. The van der Waals surface area contributed by atoms with Crippen LogP contribution in [0.15, 0.2) is 69.3 Å². The van der Waals surface area contributed by atoms with Crippen LogP contribution in [0.4, 0.5) is 5.69 Å². The third-order valence-corrected chi connectivity index (χ3v) is 5.94. The van der Waals surface area contributed by atoms with Crippen LogP contribution in [0.25, 0.3) is 21.8 Å². The van der Waals surface area contributed by atoms with Gasteiger partial charge in [-0.2, -0.15) is 0 Å². The molecule has 0 bridgehead atoms. The van der Waals surface area contributed by atoms with Gasteiger partial charge in [0.1, 0.15) is 5.69 Å². The summed E-state index contributed by atoms with van der Waals surface area (Å²) in [5, 5.41) is 20.8. The van der Waals surface area contributed by atoms with E-state index in [0.29, 0.717) is 12.2 Å². The summed E-state index contributed by atoms with van der Waals surface area (Å²) in [4.78, 5) is 19.4. The van der Waals surface area contributed by atoms with Crippen molar-refractivity contribution < 1.29 is 9.90 Å². The highest BCUT2D eigenvalue weighted by atomic mass is 79.9. The van der Waals surface area contributed by atoms with E-state index in [-0.39, 0.29) is 17.3 Å². The maximum Gasteiger partial charge on any atom is 0.313 e. The summed E-state index contributed by atoms with van der Waals surface area (Å²) < 4.78 is 2.67. The topological polar surface area (TPSA) is 83.1 Å². The molecular formula is C25H26BrN5O2. The Morgan fingerprint density at radius 2 is 1.85 bits per heavy atom. The van der Waals surface area contributed by atoms with Crippen LogP contribution < -0.4 is 0 Å². The second kappa shape index (κ2) is 10.2. The van der Waals surface area contributed by atoms with Crippen LogP contribution in [0.5, 0.6) is 5.88 Å². The maximum atomic E-state index is 12.7. The predicted molar refractivity (Wildman–Crippen MR) is 134 cm³/mol. The summed E-state index contributed by atoms with van der Waals surface area (Å²) in [6.07, 6.45) is 2.04. The zero-order chi connectivity index (χ0) is 23.4. The van der Waals surface area contributed by atoms with Crippen molar-refractivity contribution in [2.75, 3.05) is 13.1 Å². The van der Waals surface area contributed by atoms with E-state index < -0.39 is 5.91 Å². The number of pyridine rings is 1. The van der Waals surface area contributed by atoms with Gasteiger partial charge < -0.3 is 5.11 Å². The average Bonchev–Trinajstić information content (AvgIpc) is 3.07. The summed E-state index contributed by atoms with van der Waals surface area (Å²) in [7, 11) is 0. The van der Waals surface area contributed by atoms with Crippen molar-refractivity contribution in [3.63, 3.8) is 0 Å². The third-order valence-electron chi connectivity index (χ3n) is 5.45. The minimum absolute atomic E-state index is 0.0108. The Morgan fingerprint density at radius 3 is 2.61 bits per heavy atom. The fraction of sp³-hybridized carbons (Fsp3) is 0.280. The molecule has 170 valence electrons. The fourth-order valence-electron chi connectivity index (χ4n) is 3.95. The van der Waals surface area contributed by atoms with Crippen LogP contribution in [0.1, 0.15) is 37.2 Å². The van der Waals surface area contributed by atoms with Crippen LogP contribution in [0.2, 0.25) is 0 Å². The van der Waals surface area contributed by atoms with Gasteiger partial charge in [0.15, 0.2) is 5.69 Å². The molecular weight excluding hydrogens is 482 g/mol. The predicted octanol–water partition coefficient (Wildman–Crippen LogP) is 6.66. The summed E-state index contributed by atoms with van der Waals surface area (Å²) >= 11 is 3.49. The van der Waals surface area contributed by atoms with Gasteiger partial charge in [-0.15, -0.1) is 10.2 Å². The number of carbonyl (C=O) groups is 1. The quantitative estimate of drug-likeness (QED) is 0.270. The Bertz CT molecular complexity index is 1330. The highest BCUT2D eigenvalue weighted by Crippen LogP contribution is 2.40. The first-order chi connectivity index (χ1) is 16.0. The van der Waals surface area contributed by atoms with Gasteiger partial charge in [0, 0.05) is 15.2 Å². The molecule has 0 unspecified atom stereocenters. The molecule has 4 aromatic rings. The number of rotatable bonds is 8. The standard InChI is InChI=1S/C25H26BrN5O2/c1-3-13-30(14-4-2)16-31-22-12-10-18(26)15-19(22)23(25(31)33)28-29-24(32)21-11-9-17-7-5-6-8-20(17)27-21/h5-12,15,33H,3-4,13-14,16H2,1-2H3. The Balaban J connectivity index is 1.70. The van der Waals surface area contributed by atoms with Crippen LogP contribution in [0.3, 0.4) is 0 Å². The molecule has 1 N–H and O–H groups in total. The second-order valence-corrected chi connectivity index (χ2v) is 8.83. The van der Waals surface area contributed by atoms with E-state index in [1.807, 2.05) is 53.1 Å². The Hall–Kier alpha value is -3.10. The number of amides is 1. The number of para-hydroxylation sites is 1. The van der Waals surface area contributed by atoms with Crippen LogP contribution in [-0.4, -0.2) is 38.6 Å². The van der Waals surface area contributed by atoms with Crippen LogP contribution in [0, 0.1) is 0 Å². The van der Waals surface area contributed by atoms with Gasteiger partial charge in [-0.1, -0.05) is 54.0 Å². The SMILES string of the molecule is CCCN(CCC)Cn1c(O)c(N=NC(=O)c2ccc3ccccc3n2)c2cc(Br)ccc21. The van der Waals surface area contributed by atoms with Crippen molar-refractivity contribution >= 4 is 49.3 Å². The number of halogens is 1. The molecule has 0 radical (unpaired) electrons. The number of nitrogens with zero attached hydrogens (tertiary/aromatic N) is 5. The van der Waals surface area contributed by atoms with E-state index in [9.17, 15) is 9.90 Å². The number of aromatic hydroxyl groups is 1. The molecule has 0 aliphatic carbocycles. The van der Waals surface area contributed by atoms with Crippen molar-refractivity contribution in [2.45, 2.75) is 33.4 Å². The molecule has 4 rings (SSSR count). The molecule has 0 atom stereocenters. The third kappa shape index (κ3) is 4.96. The molecule has 0 aliphatic heterocycles. The number of fused-ring (bicyclic) bond motifs is 2. The number of hydrogen-bond acceptors (Lipinski definition) is 5. The average molecular weight is 508 g/mol. The number of aromatic nitrogens is 2. The van der Waals surface area contributed by atoms with Crippen molar-refractivity contribution in [3.8, 4) is 5.88 Å². The molecule has 0 saturated carbocycles. The van der Waals surface area contributed by atoms with Crippen molar-refractivity contribution in [2.24, 2.45) is 10.2 Å². The van der Waals surface area contributed by atoms with E-state index in [2.05, 4.69) is 49.9 Å². The first-order valence-corrected chi connectivity index (χ1v) is 11.9. The molecule has 2 aromatic heterocycles. The molecule has 0 fully saturated rings.